The van der Waals surface area contributed by atoms with E-state index < -0.39 is 5.97 Å². The van der Waals surface area contributed by atoms with Crippen molar-refractivity contribution in [1.82, 2.24) is 15.0 Å². The smallest absolute Gasteiger partial charge is 0.337 e. The summed E-state index contributed by atoms with van der Waals surface area (Å²) < 4.78 is 0. The van der Waals surface area contributed by atoms with Gasteiger partial charge in [-0.05, 0) is 12.1 Å². The van der Waals surface area contributed by atoms with Crippen LogP contribution in [0.1, 0.15) is 10.4 Å². The summed E-state index contributed by atoms with van der Waals surface area (Å²) in [5, 5.41) is 8.39. The molecular weight excluding hydrogens is 196 g/mol. The highest BCUT2D eigenvalue weighted by molar-refractivity contribution is 5.87. The second-order valence-electron chi connectivity index (χ2n) is 2.54. The molecule has 0 aromatic carbocycles. The van der Waals surface area contributed by atoms with Crippen LogP contribution in [0.3, 0.4) is 0 Å². The van der Waals surface area contributed by atoms with E-state index in [9.17, 15) is 4.79 Å². The summed E-state index contributed by atoms with van der Waals surface area (Å²) in [7, 11) is 0. The van der Waals surface area contributed by atoms with E-state index in [-0.39, 0.29) is 5.56 Å². The number of nitrogens with one attached hydrogen (secondary N) is 1. The third kappa shape index (κ3) is 3.90. The first-order valence-corrected chi connectivity index (χ1v) is 4.07. The van der Waals surface area contributed by atoms with Crippen molar-refractivity contribution in [3.8, 4) is 0 Å². The fraction of sp³-hybridized carbons (Fsp3) is 0. The highest BCUT2D eigenvalue weighted by Crippen LogP contribution is 1.99. The molecule has 6 heteroatoms. The quantitative estimate of drug-likeness (QED) is 0.639. The van der Waals surface area contributed by atoms with Crippen molar-refractivity contribution in [3.05, 3.63) is 42.6 Å². The molecule has 2 aromatic rings. The summed E-state index contributed by atoms with van der Waals surface area (Å²) >= 11 is 0. The SMILES string of the molecule is Nc1ccc(C(=O)O)cn1.c1c[nH]cn1. The summed E-state index contributed by atoms with van der Waals surface area (Å²) in [6.45, 7) is 0. The molecule has 0 aliphatic carbocycles. The number of anilines is 1. The van der Waals surface area contributed by atoms with Gasteiger partial charge in [-0.25, -0.2) is 14.8 Å². The Balaban J connectivity index is 0.000000187. The van der Waals surface area contributed by atoms with E-state index in [1.807, 2.05) is 0 Å². The number of rotatable bonds is 1. The summed E-state index contributed by atoms with van der Waals surface area (Å²) in [4.78, 5) is 20.2. The number of nitrogens with two attached hydrogens (primary N) is 1. The Kier molecular flexibility index (Phi) is 3.84. The van der Waals surface area contributed by atoms with Gasteiger partial charge in [0.1, 0.15) is 5.82 Å². The number of pyridine rings is 1. The molecule has 0 bridgehead atoms. The van der Waals surface area contributed by atoms with E-state index in [0.29, 0.717) is 5.82 Å². The van der Waals surface area contributed by atoms with Gasteiger partial charge < -0.3 is 15.8 Å². The first kappa shape index (κ1) is 10.7. The van der Waals surface area contributed by atoms with Crippen molar-refractivity contribution >= 4 is 11.8 Å². The van der Waals surface area contributed by atoms with Gasteiger partial charge in [-0.15, -0.1) is 0 Å². The Morgan fingerprint density at radius 3 is 2.60 bits per heavy atom. The maximum absolute atomic E-state index is 10.2. The van der Waals surface area contributed by atoms with E-state index in [0.717, 1.165) is 0 Å². The van der Waals surface area contributed by atoms with Gasteiger partial charge in [-0.3, -0.25) is 0 Å². The maximum Gasteiger partial charge on any atom is 0.337 e. The molecule has 78 valence electrons. The number of nitrogens with zero attached hydrogens (tertiary/aromatic N) is 2. The minimum atomic E-state index is -0.993. The number of aromatic amines is 1. The molecule has 2 aromatic heterocycles. The van der Waals surface area contributed by atoms with Crippen molar-refractivity contribution in [1.29, 1.82) is 0 Å². The number of nitrogen functional groups attached to an aromatic ring is 1. The van der Waals surface area contributed by atoms with Gasteiger partial charge in [-0.1, -0.05) is 0 Å². The third-order valence-corrected chi connectivity index (χ3v) is 1.44. The number of carboxylic acids is 1. The molecule has 0 radical (unpaired) electrons. The molecule has 0 spiro atoms. The van der Waals surface area contributed by atoms with Crippen LogP contribution in [0.4, 0.5) is 5.82 Å². The van der Waals surface area contributed by atoms with E-state index in [1.165, 1.54) is 18.3 Å². The van der Waals surface area contributed by atoms with Gasteiger partial charge in [0.2, 0.25) is 0 Å². The number of aromatic carboxylic acids is 1. The monoisotopic (exact) mass is 206 g/mol. The molecule has 0 unspecified atom stereocenters. The first-order chi connectivity index (χ1) is 7.20. The zero-order valence-corrected chi connectivity index (χ0v) is 7.79. The average Bonchev–Trinajstić information content (AvgIpc) is 2.76. The normalized spacial score (nSPS) is 8.80. The molecule has 0 fully saturated rings. The van der Waals surface area contributed by atoms with Gasteiger partial charge in [0.15, 0.2) is 0 Å². The fourth-order valence-electron chi connectivity index (χ4n) is 0.747. The van der Waals surface area contributed by atoms with Gasteiger partial charge in [0.25, 0.3) is 0 Å². The summed E-state index contributed by atoms with van der Waals surface area (Å²) in [6.07, 6.45) is 6.30. The first-order valence-electron chi connectivity index (χ1n) is 4.07. The Morgan fingerprint density at radius 2 is 2.27 bits per heavy atom. The lowest BCUT2D eigenvalue weighted by atomic mass is 10.3. The third-order valence-electron chi connectivity index (χ3n) is 1.44. The van der Waals surface area contributed by atoms with Crippen LogP contribution < -0.4 is 5.73 Å². The standard InChI is InChI=1S/C6H6N2O2.C3H4N2/c7-5-2-1-4(3-8-5)6(9)10;1-2-5-3-4-1/h1-3H,(H2,7,8)(H,9,10);1-3H,(H,4,5). The summed E-state index contributed by atoms with van der Waals surface area (Å²) in [5.74, 6) is -0.669. The largest absolute Gasteiger partial charge is 0.478 e. The van der Waals surface area contributed by atoms with Crippen LogP contribution >= 0.6 is 0 Å². The van der Waals surface area contributed by atoms with Gasteiger partial charge in [0, 0.05) is 18.6 Å². The number of hydrogen-bond donors (Lipinski definition) is 3. The van der Waals surface area contributed by atoms with Crippen molar-refractivity contribution < 1.29 is 9.90 Å². The lowest BCUT2D eigenvalue weighted by molar-refractivity contribution is 0.0696. The topological polar surface area (TPSA) is 105 Å². The number of carbonyl (C=O) groups is 1. The molecule has 0 saturated heterocycles. The number of H-pyrrole nitrogens is 1. The Hall–Kier alpha value is -2.37. The minimum absolute atomic E-state index is 0.147. The van der Waals surface area contributed by atoms with Gasteiger partial charge in [0.05, 0.1) is 11.9 Å². The van der Waals surface area contributed by atoms with Crippen LogP contribution in [0.5, 0.6) is 0 Å². The van der Waals surface area contributed by atoms with Crippen molar-refractivity contribution in [2.75, 3.05) is 5.73 Å². The van der Waals surface area contributed by atoms with Crippen LogP contribution in [-0.2, 0) is 0 Å². The number of imidazole rings is 1. The number of hydrogen-bond acceptors (Lipinski definition) is 4. The van der Waals surface area contributed by atoms with E-state index in [4.69, 9.17) is 10.8 Å². The second-order valence-corrected chi connectivity index (χ2v) is 2.54. The molecule has 0 aliphatic rings. The molecule has 0 atom stereocenters. The van der Waals surface area contributed by atoms with E-state index in [1.54, 1.807) is 18.7 Å². The predicted octanol–water partition coefficient (Wildman–Crippen LogP) is 0.772. The Labute approximate surface area is 85.8 Å². The van der Waals surface area contributed by atoms with Gasteiger partial charge in [-0.2, -0.15) is 0 Å². The van der Waals surface area contributed by atoms with Crippen LogP contribution in [0.15, 0.2) is 37.1 Å². The molecule has 2 heterocycles. The molecular formula is C9H10N4O2. The number of aromatic nitrogens is 3. The fourth-order valence-corrected chi connectivity index (χ4v) is 0.747. The van der Waals surface area contributed by atoms with Crippen molar-refractivity contribution in [2.24, 2.45) is 0 Å². The second kappa shape index (κ2) is 5.38. The predicted molar refractivity (Wildman–Crippen MR) is 54.2 cm³/mol. The van der Waals surface area contributed by atoms with Crippen LogP contribution in [0, 0.1) is 0 Å². The maximum atomic E-state index is 10.2. The van der Waals surface area contributed by atoms with Crippen molar-refractivity contribution in [2.45, 2.75) is 0 Å². The molecule has 2 rings (SSSR count). The Bertz CT molecular complexity index is 379. The van der Waals surface area contributed by atoms with E-state index >= 15 is 0 Å². The summed E-state index contributed by atoms with van der Waals surface area (Å²) in [5.41, 5.74) is 5.37. The lowest BCUT2D eigenvalue weighted by Crippen LogP contribution is -1.98. The molecule has 6 nitrogen and oxygen atoms in total. The highest BCUT2D eigenvalue weighted by Gasteiger charge is 1.99. The van der Waals surface area contributed by atoms with Crippen LogP contribution in [0.2, 0.25) is 0 Å². The lowest BCUT2D eigenvalue weighted by Gasteiger charge is -1.92. The number of carboxylic acid groups (broad SMARTS) is 1. The minimum Gasteiger partial charge on any atom is -0.478 e. The molecule has 0 saturated carbocycles. The van der Waals surface area contributed by atoms with E-state index in [2.05, 4.69) is 15.0 Å². The highest BCUT2D eigenvalue weighted by atomic mass is 16.4. The zero-order chi connectivity index (χ0) is 11.1. The average molecular weight is 206 g/mol. The van der Waals surface area contributed by atoms with Crippen LogP contribution in [0.25, 0.3) is 0 Å². The van der Waals surface area contributed by atoms with Crippen molar-refractivity contribution in [3.63, 3.8) is 0 Å². The Morgan fingerprint density at radius 1 is 1.47 bits per heavy atom. The molecule has 4 N–H and O–H groups in total. The molecule has 0 aliphatic heterocycles. The molecule has 0 amide bonds. The molecule has 15 heavy (non-hydrogen) atoms. The summed E-state index contributed by atoms with van der Waals surface area (Å²) in [6, 6.07) is 2.86. The van der Waals surface area contributed by atoms with Gasteiger partial charge >= 0.3 is 5.97 Å². The van der Waals surface area contributed by atoms with Crippen LogP contribution in [-0.4, -0.2) is 26.0 Å². The zero-order valence-electron chi connectivity index (χ0n) is 7.79.